The molecular weight excluding hydrogens is 258 g/mol. The summed E-state index contributed by atoms with van der Waals surface area (Å²) in [5.74, 6) is 0. The van der Waals surface area contributed by atoms with E-state index in [0.717, 1.165) is 0 Å². The maximum atomic E-state index is 8.74. The van der Waals surface area contributed by atoms with E-state index in [1.165, 1.54) is 0 Å². The normalized spacial score (nSPS) is 7.57. The first-order valence-corrected chi connectivity index (χ1v) is 4.34. The van der Waals surface area contributed by atoms with E-state index in [2.05, 4.69) is 35.9 Å². The third kappa shape index (κ3) is 1870. The summed E-state index contributed by atoms with van der Waals surface area (Å²) in [4.78, 5) is 0. The smallest absolute Gasteiger partial charge is 0.394 e. The van der Waals surface area contributed by atoms with Gasteiger partial charge in [-0.3, -0.25) is 9.11 Å². The van der Waals surface area contributed by atoms with Crippen LogP contribution in [-0.2, 0) is 10.4 Å². The molecular formula is C2H11N3O6S3. The van der Waals surface area contributed by atoms with Gasteiger partial charge in [0.2, 0.25) is 0 Å². The maximum Gasteiger partial charge on any atom is 0.394 e. The van der Waals surface area contributed by atoms with Crippen molar-refractivity contribution in [2.45, 2.75) is 0 Å². The summed E-state index contributed by atoms with van der Waals surface area (Å²) < 4.78 is 31.6. The Kier molecular flexibility index (Phi) is 20.2. The number of nitrogens with two attached hydrogens (primary N) is 2. The van der Waals surface area contributed by atoms with Crippen LogP contribution < -0.4 is 17.6 Å². The number of rotatable bonds is 0. The largest absolute Gasteiger partial charge is 0.487 e. The molecule has 0 heterocycles. The molecule has 0 aliphatic heterocycles. The van der Waals surface area contributed by atoms with Crippen LogP contribution in [0.5, 0.6) is 0 Å². The number of hydrogen-bond donors (Lipinski definition) is 7. The van der Waals surface area contributed by atoms with E-state index >= 15 is 0 Å². The van der Waals surface area contributed by atoms with Crippen molar-refractivity contribution in [3.8, 4) is 0 Å². The lowest BCUT2D eigenvalue weighted by atomic mass is 11.4. The third-order valence-electron chi connectivity index (χ3n) is 0. The monoisotopic (exact) mass is 269 g/mol. The van der Waals surface area contributed by atoms with Crippen molar-refractivity contribution in [3.05, 3.63) is 0 Å². The molecule has 0 bridgehead atoms. The van der Waals surface area contributed by atoms with E-state index < -0.39 is 20.7 Å². The topological polar surface area (TPSA) is 202 Å². The molecule has 0 spiro atoms. The number of thiocarbonyl (C=S) groups is 2. The van der Waals surface area contributed by atoms with Crippen LogP contribution in [0, 0.1) is 0 Å². The lowest BCUT2D eigenvalue weighted by Gasteiger charge is -1.68. The molecule has 0 saturated carbocycles. The molecule has 0 aromatic carbocycles. The molecule has 88 valence electrons. The second kappa shape index (κ2) is 12.2. The van der Waals surface area contributed by atoms with E-state index in [1.807, 2.05) is 0 Å². The van der Waals surface area contributed by atoms with Crippen molar-refractivity contribution in [1.82, 2.24) is 6.15 Å². The average molecular weight is 269 g/mol. The van der Waals surface area contributed by atoms with Crippen LogP contribution in [-0.4, -0.2) is 38.1 Å². The molecule has 0 fully saturated rings. The first-order chi connectivity index (χ1) is 5.46. The Morgan fingerprint density at radius 2 is 1.00 bits per heavy atom. The molecule has 0 atom stereocenters. The average Bonchev–Trinajstić information content (AvgIpc) is 1.50. The molecule has 0 radical (unpaired) electrons. The van der Waals surface area contributed by atoms with Gasteiger partial charge in [0.05, 0.1) is 0 Å². The maximum absolute atomic E-state index is 8.74. The lowest BCUT2D eigenvalue weighted by molar-refractivity contribution is 0.381. The van der Waals surface area contributed by atoms with E-state index in [9.17, 15) is 0 Å². The summed E-state index contributed by atoms with van der Waals surface area (Å²) in [6.45, 7) is 0. The fourth-order valence-electron chi connectivity index (χ4n) is 0. The molecule has 0 saturated heterocycles. The Labute approximate surface area is 90.9 Å². The predicted molar refractivity (Wildman–Crippen MR) is 58.0 cm³/mol. The SMILES string of the molecule is N.NC(O)=S.NC(O)=S.O=S(=O)(O)O. The summed E-state index contributed by atoms with van der Waals surface area (Å²) in [5.41, 5.74) is 8.80. The van der Waals surface area contributed by atoms with Gasteiger partial charge >= 0.3 is 10.4 Å². The van der Waals surface area contributed by atoms with Gasteiger partial charge < -0.3 is 27.8 Å². The summed E-state index contributed by atoms with van der Waals surface area (Å²) in [7, 11) is -4.67. The first-order valence-electron chi connectivity index (χ1n) is 2.13. The van der Waals surface area contributed by atoms with Crippen LogP contribution in [0.4, 0.5) is 0 Å². The zero-order valence-corrected chi connectivity index (χ0v) is 9.14. The highest BCUT2D eigenvalue weighted by atomic mass is 32.3. The summed E-state index contributed by atoms with van der Waals surface area (Å²) in [6.07, 6.45) is 0. The summed E-state index contributed by atoms with van der Waals surface area (Å²) in [5, 5.41) is 14.1. The minimum Gasteiger partial charge on any atom is -0.487 e. The van der Waals surface area contributed by atoms with Gasteiger partial charge in [-0.2, -0.15) is 8.42 Å². The number of hydrogen-bond acceptors (Lipinski definition) is 5. The zero-order chi connectivity index (χ0) is 11.7. The molecule has 0 aromatic heterocycles. The van der Waals surface area contributed by atoms with Crippen LogP contribution in [0.15, 0.2) is 0 Å². The second-order valence-electron chi connectivity index (χ2n) is 1.12. The fraction of sp³-hybridized carbons (Fsp3) is 0. The molecule has 0 amide bonds. The Hall–Kier alpha value is -0.790. The van der Waals surface area contributed by atoms with Crippen LogP contribution in [0.1, 0.15) is 0 Å². The Morgan fingerprint density at radius 1 is 1.00 bits per heavy atom. The van der Waals surface area contributed by atoms with Gasteiger partial charge in [-0.15, -0.1) is 0 Å². The number of aliphatic hydroxyl groups excluding tert-OH is 2. The minimum absolute atomic E-state index is 0. The van der Waals surface area contributed by atoms with Crippen molar-refractivity contribution >= 4 is 45.2 Å². The summed E-state index contributed by atoms with van der Waals surface area (Å²) >= 11 is 7.74. The molecule has 0 aromatic rings. The van der Waals surface area contributed by atoms with Crippen LogP contribution in [0.3, 0.4) is 0 Å². The van der Waals surface area contributed by atoms with E-state index in [4.69, 9.17) is 27.7 Å². The standard InChI is InChI=1S/2CH3NOS.H3N.H2O4S/c2*2-1(3)4;;1-5(2,3)4/h2*(H3,2,3,4);1H3;(H2,1,2,3,4). The quantitative estimate of drug-likeness (QED) is 0.212. The van der Waals surface area contributed by atoms with Gasteiger partial charge in [-0.25, -0.2) is 0 Å². The van der Waals surface area contributed by atoms with Crippen molar-refractivity contribution in [3.63, 3.8) is 0 Å². The van der Waals surface area contributed by atoms with E-state index in [1.54, 1.807) is 0 Å². The van der Waals surface area contributed by atoms with Gasteiger partial charge in [0.25, 0.3) is 10.3 Å². The lowest BCUT2D eigenvalue weighted by Crippen LogP contribution is -2.03. The molecule has 9 nitrogen and oxygen atoms in total. The van der Waals surface area contributed by atoms with Gasteiger partial charge in [0.1, 0.15) is 0 Å². The van der Waals surface area contributed by atoms with Crippen molar-refractivity contribution < 1.29 is 27.7 Å². The Balaban J connectivity index is -0.0000000522. The van der Waals surface area contributed by atoms with Crippen molar-refractivity contribution in [2.75, 3.05) is 0 Å². The molecule has 0 aliphatic carbocycles. The zero-order valence-electron chi connectivity index (χ0n) is 6.69. The highest BCUT2D eigenvalue weighted by Gasteiger charge is 1.84. The fourth-order valence-corrected chi connectivity index (χ4v) is 0. The molecule has 12 heteroatoms. The Bertz CT molecular complexity index is 221. The van der Waals surface area contributed by atoms with E-state index in [0.29, 0.717) is 0 Å². The second-order valence-corrected chi connectivity index (χ2v) is 2.86. The first kappa shape index (κ1) is 23.2. The molecule has 11 N–H and O–H groups in total. The van der Waals surface area contributed by atoms with Crippen molar-refractivity contribution in [2.24, 2.45) is 11.5 Å². The van der Waals surface area contributed by atoms with Gasteiger partial charge in [-0.1, -0.05) is 0 Å². The molecule has 0 rings (SSSR count). The molecule has 0 unspecified atom stereocenters. The highest BCUT2D eigenvalue weighted by molar-refractivity contribution is 7.80. The minimum atomic E-state index is -4.67. The van der Waals surface area contributed by atoms with Crippen LogP contribution in [0.25, 0.3) is 0 Å². The number of aliphatic hydroxyl groups is 2. The highest BCUT2D eigenvalue weighted by Crippen LogP contribution is 1.59. The van der Waals surface area contributed by atoms with Crippen LogP contribution in [0.2, 0.25) is 0 Å². The van der Waals surface area contributed by atoms with E-state index in [-0.39, 0.29) is 6.15 Å². The van der Waals surface area contributed by atoms with Crippen molar-refractivity contribution in [1.29, 1.82) is 0 Å². The summed E-state index contributed by atoms with van der Waals surface area (Å²) in [6, 6.07) is 0. The molecule has 0 aliphatic rings. The predicted octanol–water partition coefficient (Wildman–Crippen LogP) is -0.915. The Morgan fingerprint density at radius 3 is 1.00 bits per heavy atom. The molecule has 14 heavy (non-hydrogen) atoms. The van der Waals surface area contributed by atoms with Gasteiger partial charge in [0, 0.05) is 0 Å². The van der Waals surface area contributed by atoms with Gasteiger partial charge in [0.15, 0.2) is 0 Å². The third-order valence-corrected chi connectivity index (χ3v) is 0. The van der Waals surface area contributed by atoms with Gasteiger partial charge in [-0.05, 0) is 24.4 Å². The van der Waals surface area contributed by atoms with Crippen LogP contribution >= 0.6 is 24.4 Å².